The summed E-state index contributed by atoms with van der Waals surface area (Å²) >= 11 is 5.88. The lowest BCUT2D eigenvalue weighted by atomic mass is 10.2. The van der Waals surface area contributed by atoms with Crippen molar-refractivity contribution in [2.24, 2.45) is 0 Å². The van der Waals surface area contributed by atoms with Crippen LogP contribution in [-0.4, -0.2) is 28.5 Å². The quantitative estimate of drug-likeness (QED) is 0.594. The number of carbonyl (C=O) groups is 2. The SMILES string of the molecule is O=C(COC(=O)CCc1nc2ccccc2c(=O)[nH]1)NCc1cccc(Cl)c1. The van der Waals surface area contributed by atoms with E-state index in [-0.39, 0.29) is 25.0 Å². The number of aryl methyl sites for hydroxylation is 1. The molecule has 144 valence electrons. The second kappa shape index (κ2) is 9.14. The summed E-state index contributed by atoms with van der Waals surface area (Å²) in [5.74, 6) is -0.565. The second-order valence-electron chi connectivity index (χ2n) is 6.10. The van der Waals surface area contributed by atoms with E-state index in [1.807, 2.05) is 6.07 Å². The smallest absolute Gasteiger partial charge is 0.306 e. The van der Waals surface area contributed by atoms with Gasteiger partial charge < -0.3 is 15.0 Å². The number of nitrogens with zero attached hydrogens (tertiary/aromatic N) is 1. The van der Waals surface area contributed by atoms with Crippen LogP contribution in [0, 0.1) is 0 Å². The lowest BCUT2D eigenvalue weighted by molar-refractivity contribution is -0.148. The molecular weight excluding hydrogens is 382 g/mol. The largest absolute Gasteiger partial charge is 0.456 e. The summed E-state index contributed by atoms with van der Waals surface area (Å²) in [5, 5.41) is 3.72. The normalized spacial score (nSPS) is 10.6. The Morgan fingerprint density at radius 2 is 1.96 bits per heavy atom. The number of para-hydroxylation sites is 1. The minimum Gasteiger partial charge on any atom is -0.456 e. The maximum absolute atomic E-state index is 12.0. The van der Waals surface area contributed by atoms with Gasteiger partial charge in [-0.2, -0.15) is 0 Å². The molecule has 0 atom stereocenters. The van der Waals surface area contributed by atoms with Crippen LogP contribution >= 0.6 is 11.6 Å². The molecule has 0 radical (unpaired) electrons. The molecule has 2 N–H and O–H groups in total. The molecule has 8 heteroatoms. The Morgan fingerprint density at radius 1 is 1.14 bits per heavy atom. The van der Waals surface area contributed by atoms with Crippen molar-refractivity contribution < 1.29 is 14.3 Å². The van der Waals surface area contributed by atoms with Crippen molar-refractivity contribution in [3.63, 3.8) is 0 Å². The van der Waals surface area contributed by atoms with Crippen LogP contribution in [0.2, 0.25) is 5.02 Å². The molecule has 1 heterocycles. The fourth-order valence-corrected chi connectivity index (χ4v) is 2.80. The highest BCUT2D eigenvalue weighted by Crippen LogP contribution is 2.10. The first-order chi connectivity index (χ1) is 13.5. The Kier molecular flexibility index (Phi) is 6.39. The highest BCUT2D eigenvalue weighted by atomic mass is 35.5. The van der Waals surface area contributed by atoms with E-state index in [9.17, 15) is 14.4 Å². The zero-order valence-electron chi connectivity index (χ0n) is 14.9. The first-order valence-electron chi connectivity index (χ1n) is 8.66. The third-order valence-corrected chi connectivity index (χ3v) is 4.21. The molecule has 0 spiro atoms. The van der Waals surface area contributed by atoms with Crippen LogP contribution in [0.15, 0.2) is 53.3 Å². The minimum absolute atomic E-state index is 0.00283. The van der Waals surface area contributed by atoms with Crippen LogP contribution in [0.5, 0.6) is 0 Å². The number of nitrogens with one attached hydrogen (secondary N) is 2. The van der Waals surface area contributed by atoms with Crippen molar-refractivity contribution in [2.45, 2.75) is 19.4 Å². The van der Waals surface area contributed by atoms with E-state index in [4.69, 9.17) is 16.3 Å². The first-order valence-corrected chi connectivity index (χ1v) is 9.04. The van der Waals surface area contributed by atoms with E-state index in [2.05, 4.69) is 15.3 Å². The fraction of sp³-hybridized carbons (Fsp3) is 0.200. The Bertz CT molecular complexity index is 1060. The van der Waals surface area contributed by atoms with Gasteiger partial charge in [0.25, 0.3) is 11.5 Å². The van der Waals surface area contributed by atoms with Gasteiger partial charge >= 0.3 is 5.97 Å². The minimum atomic E-state index is -0.547. The number of benzene rings is 2. The number of carbonyl (C=O) groups excluding carboxylic acids is 2. The highest BCUT2D eigenvalue weighted by molar-refractivity contribution is 6.30. The number of fused-ring (bicyclic) bond motifs is 1. The topological polar surface area (TPSA) is 101 Å². The second-order valence-corrected chi connectivity index (χ2v) is 6.53. The summed E-state index contributed by atoms with van der Waals surface area (Å²) in [5.41, 5.74) is 1.16. The number of rotatable bonds is 7. The van der Waals surface area contributed by atoms with Crippen molar-refractivity contribution >= 4 is 34.4 Å². The summed E-state index contributed by atoms with van der Waals surface area (Å²) in [6.45, 7) is -0.0831. The molecule has 0 aliphatic rings. The number of esters is 1. The third-order valence-electron chi connectivity index (χ3n) is 3.97. The summed E-state index contributed by atoms with van der Waals surface area (Å²) in [6.07, 6.45) is 0.214. The maximum atomic E-state index is 12.0. The molecule has 3 rings (SSSR count). The molecule has 7 nitrogen and oxygen atoms in total. The number of H-pyrrole nitrogens is 1. The zero-order chi connectivity index (χ0) is 19.9. The van der Waals surface area contributed by atoms with Crippen molar-refractivity contribution in [1.82, 2.24) is 15.3 Å². The molecule has 0 aliphatic heterocycles. The molecule has 2 aromatic carbocycles. The van der Waals surface area contributed by atoms with Crippen LogP contribution in [0.25, 0.3) is 10.9 Å². The molecule has 1 amide bonds. The molecule has 28 heavy (non-hydrogen) atoms. The lowest BCUT2D eigenvalue weighted by Gasteiger charge is -2.07. The number of halogens is 1. The van der Waals surface area contributed by atoms with Crippen LogP contribution in [-0.2, 0) is 27.3 Å². The van der Waals surface area contributed by atoms with E-state index in [0.29, 0.717) is 28.3 Å². The van der Waals surface area contributed by atoms with Gasteiger partial charge in [0.2, 0.25) is 0 Å². The van der Waals surface area contributed by atoms with Crippen molar-refractivity contribution in [3.8, 4) is 0 Å². The van der Waals surface area contributed by atoms with Gasteiger partial charge in [-0.25, -0.2) is 4.98 Å². The molecule has 0 unspecified atom stereocenters. The van der Waals surface area contributed by atoms with Crippen molar-refractivity contribution in [1.29, 1.82) is 0 Å². The average Bonchev–Trinajstić information content (AvgIpc) is 2.69. The standard InChI is InChI=1S/C20H18ClN3O4/c21-14-5-3-4-13(10-14)11-22-18(25)12-28-19(26)9-8-17-23-16-7-2-1-6-15(16)20(27)24-17/h1-7,10H,8-9,11-12H2,(H,22,25)(H,23,24,27). The van der Waals surface area contributed by atoms with Crippen molar-refractivity contribution in [3.05, 3.63) is 75.3 Å². The Labute approximate surface area is 165 Å². The van der Waals surface area contributed by atoms with E-state index in [1.54, 1.807) is 42.5 Å². The summed E-state index contributed by atoms with van der Waals surface area (Å²) in [7, 11) is 0. The van der Waals surface area contributed by atoms with E-state index < -0.39 is 11.9 Å². The average molecular weight is 400 g/mol. The van der Waals surface area contributed by atoms with Crippen molar-refractivity contribution in [2.75, 3.05) is 6.61 Å². The summed E-state index contributed by atoms with van der Waals surface area (Å²) in [4.78, 5) is 42.6. The third kappa shape index (κ3) is 5.40. The van der Waals surface area contributed by atoms with Gasteiger partial charge in [0.15, 0.2) is 6.61 Å². The van der Waals surface area contributed by atoms with Gasteiger partial charge in [0.1, 0.15) is 5.82 Å². The Hall–Kier alpha value is -3.19. The van der Waals surface area contributed by atoms with Gasteiger partial charge in [-0.1, -0.05) is 35.9 Å². The number of ether oxygens (including phenoxy) is 1. The summed E-state index contributed by atoms with van der Waals surface area (Å²) in [6, 6.07) is 14.1. The van der Waals surface area contributed by atoms with Gasteiger partial charge in [0, 0.05) is 18.0 Å². The maximum Gasteiger partial charge on any atom is 0.306 e. The van der Waals surface area contributed by atoms with Crippen LogP contribution < -0.4 is 10.9 Å². The van der Waals surface area contributed by atoms with Gasteiger partial charge in [-0.15, -0.1) is 0 Å². The monoisotopic (exact) mass is 399 g/mol. The van der Waals surface area contributed by atoms with E-state index in [1.165, 1.54) is 0 Å². The van der Waals surface area contributed by atoms with E-state index >= 15 is 0 Å². The van der Waals surface area contributed by atoms with Gasteiger partial charge in [-0.05, 0) is 29.8 Å². The number of aromatic nitrogens is 2. The Balaban J connectivity index is 1.44. The highest BCUT2D eigenvalue weighted by Gasteiger charge is 2.10. The molecule has 1 aromatic heterocycles. The zero-order valence-corrected chi connectivity index (χ0v) is 15.7. The van der Waals surface area contributed by atoms with Crippen LogP contribution in [0.3, 0.4) is 0 Å². The van der Waals surface area contributed by atoms with Gasteiger partial charge in [0.05, 0.1) is 17.3 Å². The van der Waals surface area contributed by atoms with Crippen LogP contribution in [0.4, 0.5) is 0 Å². The number of hydrogen-bond acceptors (Lipinski definition) is 5. The number of hydrogen-bond donors (Lipinski definition) is 2. The lowest BCUT2D eigenvalue weighted by Crippen LogP contribution is -2.28. The predicted octanol–water partition coefficient (Wildman–Crippen LogP) is 2.37. The van der Waals surface area contributed by atoms with E-state index in [0.717, 1.165) is 5.56 Å². The molecule has 0 fully saturated rings. The first kappa shape index (κ1) is 19.6. The fourth-order valence-electron chi connectivity index (χ4n) is 2.59. The summed E-state index contributed by atoms with van der Waals surface area (Å²) < 4.78 is 4.96. The number of aromatic amines is 1. The molecular formula is C20H18ClN3O4. The Morgan fingerprint density at radius 3 is 2.79 bits per heavy atom. The molecule has 0 saturated heterocycles. The predicted molar refractivity (Wildman–Crippen MR) is 105 cm³/mol. The molecule has 3 aromatic rings. The molecule has 0 aliphatic carbocycles. The molecule has 0 saturated carbocycles. The molecule has 0 bridgehead atoms. The van der Waals surface area contributed by atoms with Gasteiger partial charge in [-0.3, -0.25) is 14.4 Å². The van der Waals surface area contributed by atoms with Crippen LogP contribution in [0.1, 0.15) is 17.8 Å². The number of amides is 1.